The lowest BCUT2D eigenvalue weighted by molar-refractivity contribution is -0.138. The van der Waals surface area contributed by atoms with Crippen LogP contribution in [0.4, 0.5) is 18.9 Å². The van der Waals surface area contributed by atoms with Gasteiger partial charge in [0.25, 0.3) is 0 Å². The van der Waals surface area contributed by atoms with Gasteiger partial charge in [-0.3, -0.25) is 4.79 Å². The first kappa shape index (κ1) is 24.8. The Labute approximate surface area is 175 Å². The van der Waals surface area contributed by atoms with E-state index in [0.717, 1.165) is 12.5 Å². The van der Waals surface area contributed by atoms with E-state index in [4.69, 9.17) is 10.5 Å². The molecule has 0 aromatic heterocycles. The number of amides is 1. The number of ether oxygens (including phenoxy) is 1. The predicted molar refractivity (Wildman–Crippen MR) is 106 cm³/mol. The Balaban J connectivity index is 0.00000196. The highest BCUT2D eigenvalue weighted by atomic mass is 35.5. The van der Waals surface area contributed by atoms with Crippen LogP contribution in [-0.4, -0.2) is 38.3 Å². The van der Waals surface area contributed by atoms with Crippen LogP contribution in [0.5, 0.6) is 0 Å². The van der Waals surface area contributed by atoms with Crippen molar-refractivity contribution in [3.63, 3.8) is 0 Å². The zero-order valence-corrected chi connectivity index (χ0v) is 17.0. The summed E-state index contributed by atoms with van der Waals surface area (Å²) in [5.74, 6) is -0.421. The summed E-state index contributed by atoms with van der Waals surface area (Å²) in [5.41, 5.74) is 5.69. The maximum absolute atomic E-state index is 13.5. The molecule has 0 spiro atoms. The summed E-state index contributed by atoms with van der Waals surface area (Å²) in [6, 6.07) is 4.30. The van der Waals surface area contributed by atoms with Gasteiger partial charge in [0.15, 0.2) is 0 Å². The van der Waals surface area contributed by atoms with Gasteiger partial charge in [0, 0.05) is 37.3 Å². The molecule has 1 amide bonds. The van der Waals surface area contributed by atoms with Gasteiger partial charge in [-0.15, -0.1) is 24.8 Å². The van der Waals surface area contributed by atoms with E-state index in [2.05, 4.69) is 5.32 Å². The van der Waals surface area contributed by atoms with Gasteiger partial charge < -0.3 is 20.7 Å². The molecule has 1 aromatic rings. The lowest BCUT2D eigenvalue weighted by Crippen LogP contribution is -2.36. The summed E-state index contributed by atoms with van der Waals surface area (Å²) in [5, 5.41) is 2.64. The van der Waals surface area contributed by atoms with Crippen molar-refractivity contribution in [1.82, 2.24) is 5.32 Å². The Morgan fingerprint density at radius 2 is 1.89 bits per heavy atom. The fourth-order valence-corrected chi connectivity index (χ4v) is 3.58. The van der Waals surface area contributed by atoms with Crippen LogP contribution < -0.4 is 16.0 Å². The number of rotatable bonds is 4. The Morgan fingerprint density at radius 1 is 1.21 bits per heavy atom. The zero-order valence-electron chi connectivity index (χ0n) is 15.3. The number of morpholine rings is 1. The van der Waals surface area contributed by atoms with Crippen LogP contribution in [0.2, 0.25) is 0 Å². The van der Waals surface area contributed by atoms with Gasteiger partial charge in [-0.05, 0) is 37.0 Å². The van der Waals surface area contributed by atoms with Crippen LogP contribution in [0, 0.1) is 5.92 Å². The third kappa shape index (κ3) is 6.14. The lowest BCUT2D eigenvalue weighted by Gasteiger charge is -2.29. The molecule has 160 valence electrons. The molecule has 5 nitrogen and oxygen atoms in total. The monoisotopic (exact) mass is 443 g/mol. The Hall–Kier alpha value is -1.22. The Bertz CT molecular complexity index is 655. The van der Waals surface area contributed by atoms with E-state index in [0.29, 0.717) is 44.8 Å². The SMILES string of the molecule is Cl.Cl.NC1CCC(C(=O)NCc2ccc(N3CCOCC3)cc2C(F)(F)F)C1. The minimum absolute atomic E-state index is 0. The molecule has 1 heterocycles. The number of hydrogen-bond acceptors (Lipinski definition) is 4. The van der Waals surface area contributed by atoms with Crippen molar-refractivity contribution in [1.29, 1.82) is 0 Å². The second-order valence-corrected chi connectivity index (χ2v) is 6.93. The second kappa shape index (κ2) is 10.5. The Morgan fingerprint density at radius 3 is 2.46 bits per heavy atom. The highest BCUT2D eigenvalue weighted by Crippen LogP contribution is 2.35. The molecule has 10 heteroatoms. The largest absolute Gasteiger partial charge is 0.416 e. The van der Waals surface area contributed by atoms with Crippen LogP contribution in [0.3, 0.4) is 0 Å². The second-order valence-electron chi connectivity index (χ2n) is 6.93. The normalized spacial score (nSPS) is 22.2. The van der Waals surface area contributed by atoms with Crippen molar-refractivity contribution >= 4 is 36.4 Å². The molecule has 3 N–H and O–H groups in total. The van der Waals surface area contributed by atoms with Gasteiger partial charge in [0.05, 0.1) is 18.8 Å². The van der Waals surface area contributed by atoms with Crippen molar-refractivity contribution in [2.45, 2.75) is 38.0 Å². The van der Waals surface area contributed by atoms with Crippen LogP contribution in [0.1, 0.15) is 30.4 Å². The van der Waals surface area contributed by atoms with Crippen LogP contribution in [0.25, 0.3) is 0 Å². The molecule has 1 aliphatic heterocycles. The molecule has 28 heavy (non-hydrogen) atoms. The summed E-state index contributed by atoms with van der Waals surface area (Å²) >= 11 is 0. The molecule has 2 aliphatic rings. The number of nitrogens with one attached hydrogen (secondary N) is 1. The van der Waals surface area contributed by atoms with Gasteiger partial charge in [0.2, 0.25) is 5.91 Å². The third-order valence-corrected chi connectivity index (χ3v) is 5.07. The van der Waals surface area contributed by atoms with Crippen molar-refractivity contribution in [3.8, 4) is 0 Å². The van der Waals surface area contributed by atoms with Gasteiger partial charge in [-0.2, -0.15) is 13.2 Å². The van der Waals surface area contributed by atoms with Crippen molar-refractivity contribution in [3.05, 3.63) is 29.3 Å². The Kier molecular flexibility index (Phi) is 9.33. The quantitative estimate of drug-likeness (QED) is 0.749. The molecule has 3 rings (SSSR count). The van der Waals surface area contributed by atoms with E-state index in [1.54, 1.807) is 6.07 Å². The van der Waals surface area contributed by atoms with Gasteiger partial charge in [-0.1, -0.05) is 6.07 Å². The number of benzene rings is 1. The molecule has 0 bridgehead atoms. The van der Waals surface area contributed by atoms with E-state index < -0.39 is 11.7 Å². The summed E-state index contributed by atoms with van der Waals surface area (Å²) < 4.78 is 45.7. The minimum atomic E-state index is -4.47. The standard InChI is InChI=1S/C18H24F3N3O2.2ClH/c19-18(20,21)16-10-15(24-5-7-26-8-6-24)4-2-13(16)11-23-17(25)12-1-3-14(22)9-12;;/h2,4,10,12,14H,1,3,5-9,11,22H2,(H,23,25);2*1H. The first-order valence-electron chi connectivity index (χ1n) is 8.90. The van der Waals surface area contributed by atoms with E-state index in [9.17, 15) is 18.0 Å². The summed E-state index contributed by atoms with van der Waals surface area (Å²) in [4.78, 5) is 14.0. The van der Waals surface area contributed by atoms with Gasteiger partial charge in [-0.25, -0.2) is 0 Å². The maximum Gasteiger partial charge on any atom is 0.416 e. The fourth-order valence-electron chi connectivity index (χ4n) is 3.58. The number of nitrogens with zero attached hydrogens (tertiary/aromatic N) is 1. The third-order valence-electron chi connectivity index (χ3n) is 5.07. The van der Waals surface area contributed by atoms with Crippen LogP contribution >= 0.6 is 24.8 Å². The number of alkyl halides is 3. The molecule has 0 radical (unpaired) electrons. The van der Waals surface area contributed by atoms with Crippen LogP contribution in [-0.2, 0) is 22.3 Å². The van der Waals surface area contributed by atoms with Crippen molar-refractivity contribution in [2.24, 2.45) is 11.7 Å². The van der Waals surface area contributed by atoms with Crippen LogP contribution in [0.15, 0.2) is 18.2 Å². The van der Waals surface area contributed by atoms with E-state index in [1.807, 2.05) is 4.90 Å². The smallest absolute Gasteiger partial charge is 0.378 e. The molecule has 1 aromatic carbocycles. The average molecular weight is 444 g/mol. The van der Waals surface area contributed by atoms with E-state index in [1.165, 1.54) is 6.07 Å². The fraction of sp³-hybridized carbons (Fsp3) is 0.611. The number of nitrogens with two attached hydrogens (primary N) is 1. The highest BCUT2D eigenvalue weighted by Gasteiger charge is 2.34. The molecule has 1 saturated heterocycles. The van der Waals surface area contributed by atoms with Gasteiger partial charge >= 0.3 is 6.18 Å². The number of halogens is 5. The van der Waals surface area contributed by atoms with Gasteiger partial charge in [0.1, 0.15) is 0 Å². The maximum atomic E-state index is 13.5. The number of carbonyl (C=O) groups is 1. The zero-order chi connectivity index (χ0) is 18.7. The predicted octanol–water partition coefficient (Wildman–Crippen LogP) is 3.13. The molecule has 1 aliphatic carbocycles. The molecular formula is C18H26Cl2F3N3O2. The molecule has 1 saturated carbocycles. The number of hydrogen-bond donors (Lipinski definition) is 2. The van der Waals surface area contributed by atoms with Crippen molar-refractivity contribution in [2.75, 3.05) is 31.2 Å². The average Bonchev–Trinajstić information content (AvgIpc) is 3.06. The van der Waals surface area contributed by atoms with E-state index >= 15 is 0 Å². The number of anilines is 1. The first-order valence-corrected chi connectivity index (χ1v) is 8.90. The first-order chi connectivity index (χ1) is 12.3. The number of carbonyl (C=O) groups excluding carboxylic acids is 1. The molecule has 2 atom stereocenters. The summed E-state index contributed by atoms with van der Waals surface area (Å²) in [6.45, 7) is 2.00. The highest BCUT2D eigenvalue weighted by molar-refractivity contribution is 5.85. The summed E-state index contributed by atoms with van der Waals surface area (Å²) in [7, 11) is 0. The molecule has 2 unspecified atom stereocenters. The molecular weight excluding hydrogens is 418 g/mol. The van der Waals surface area contributed by atoms with Crippen molar-refractivity contribution < 1.29 is 22.7 Å². The molecule has 2 fully saturated rings. The van der Waals surface area contributed by atoms with E-state index in [-0.39, 0.29) is 54.8 Å². The lowest BCUT2D eigenvalue weighted by atomic mass is 10.0. The topological polar surface area (TPSA) is 67.6 Å². The summed E-state index contributed by atoms with van der Waals surface area (Å²) in [6.07, 6.45) is -2.42. The minimum Gasteiger partial charge on any atom is -0.378 e.